The van der Waals surface area contributed by atoms with Crippen LogP contribution in [0.15, 0.2) is 11.4 Å². The molecule has 2 N–H and O–H groups in total. The van der Waals surface area contributed by atoms with E-state index in [1.165, 1.54) is 32.2 Å². The number of thiophene rings is 1. The van der Waals surface area contributed by atoms with Gasteiger partial charge in [-0.1, -0.05) is 6.42 Å². The number of nitrogens with two attached hydrogens (primary N) is 1. The van der Waals surface area contributed by atoms with Gasteiger partial charge in [0.05, 0.1) is 0 Å². The third kappa shape index (κ3) is 1.81. The minimum Gasteiger partial charge on any atom is -0.329 e. The molecule has 16 heavy (non-hydrogen) atoms. The zero-order chi connectivity index (χ0) is 11.0. The monoisotopic (exact) mass is 236 g/mol. The number of fused-ring (bicyclic) bond motifs is 1. The summed E-state index contributed by atoms with van der Waals surface area (Å²) in [6, 6.07) is 2.93. The number of hydrogen-bond donors (Lipinski definition) is 1. The van der Waals surface area contributed by atoms with Crippen LogP contribution >= 0.6 is 11.3 Å². The van der Waals surface area contributed by atoms with E-state index in [4.69, 9.17) is 5.73 Å². The van der Waals surface area contributed by atoms with Crippen LogP contribution in [0.5, 0.6) is 0 Å². The van der Waals surface area contributed by atoms with Gasteiger partial charge < -0.3 is 5.73 Å². The van der Waals surface area contributed by atoms with Gasteiger partial charge in [0.25, 0.3) is 0 Å². The van der Waals surface area contributed by atoms with Crippen LogP contribution in [0, 0.1) is 5.92 Å². The molecule has 0 saturated heterocycles. The molecule has 2 heterocycles. The smallest absolute Gasteiger partial charge is 0.0250 e. The Hall–Kier alpha value is -0.380. The Morgan fingerprint density at radius 1 is 1.50 bits per heavy atom. The van der Waals surface area contributed by atoms with Crippen LogP contribution in [0.4, 0.5) is 0 Å². The van der Waals surface area contributed by atoms with Crippen LogP contribution in [0.25, 0.3) is 0 Å². The summed E-state index contributed by atoms with van der Waals surface area (Å²) in [6.07, 6.45) is 5.44. The molecule has 1 aromatic rings. The van der Waals surface area contributed by atoms with E-state index in [1.54, 1.807) is 10.4 Å². The van der Waals surface area contributed by atoms with E-state index in [-0.39, 0.29) is 0 Å². The van der Waals surface area contributed by atoms with Crippen molar-refractivity contribution in [2.75, 3.05) is 13.1 Å². The van der Waals surface area contributed by atoms with Gasteiger partial charge in [-0.05, 0) is 42.2 Å². The Bertz CT molecular complexity index is 357. The van der Waals surface area contributed by atoms with Gasteiger partial charge in [-0.25, -0.2) is 0 Å². The average Bonchev–Trinajstić information content (AvgIpc) is 2.69. The van der Waals surface area contributed by atoms with E-state index < -0.39 is 0 Å². The van der Waals surface area contributed by atoms with Gasteiger partial charge in [0, 0.05) is 30.6 Å². The summed E-state index contributed by atoms with van der Waals surface area (Å²) in [5.41, 5.74) is 7.52. The molecule has 0 aromatic carbocycles. The second-order valence-corrected chi connectivity index (χ2v) is 6.08. The fraction of sp³-hybridized carbons (Fsp3) is 0.692. The van der Waals surface area contributed by atoms with Gasteiger partial charge in [0.2, 0.25) is 0 Å². The van der Waals surface area contributed by atoms with Crippen molar-refractivity contribution in [3.63, 3.8) is 0 Å². The van der Waals surface area contributed by atoms with Gasteiger partial charge in [0.15, 0.2) is 0 Å². The molecular formula is C13H20N2S. The molecule has 3 rings (SSSR count). The van der Waals surface area contributed by atoms with Gasteiger partial charge in [0.1, 0.15) is 0 Å². The van der Waals surface area contributed by atoms with Gasteiger partial charge in [-0.2, -0.15) is 0 Å². The van der Waals surface area contributed by atoms with Crippen molar-refractivity contribution in [2.24, 2.45) is 11.7 Å². The maximum absolute atomic E-state index is 5.97. The second-order valence-electron chi connectivity index (χ2n) is 5.08. The molecule has 0 bridgehead atoms. The quantitative estimate of drug-likeness (QED) is 0.872. The molecule has 1 aliphatic heterocycles. The van der Waals surface area contributed by atoms with Crippen molar-refractivity contribution in [2.45, 2.75) is 38.3 Å². The molecule has 0 amide bonds. The molecule has 2 nitrogen and oxygen atoms in total. The molecule has 0 spiro atoms. The predicted molar refractivity (Wildman–Crippen MR) is 68.6 cm³/mol. The lowest BCUT2D eigenvalue weighted by molar-refractivity contribution is 0.0899. The van der Waals surface area contributed by atoms with Crippen molar-refractivity contribution < 1.29 is 0 Å². The highest BCUT2D eigenvalue weighted by Crippen LogP contribution is 2.34. The summed E-state index contributed by atoms with van der Waals surface area (Å²) in [7, 11) is 0. The van der Waals surface area contributed by atoms with Crippen LogP contribution in [0.3, 0.4) is 0 Å². The maximum atomic E-state index is 5.97. The molecule has 2 aliphatic rings. The minimum absolute atomic E-state index is 0.641. The third-order valence-electron chi connectivity index (χ3n) is 4.24. The zero-order valence-electron chi connectivity index (χ0n) is 9.69. The lowest BCUT2D eigenvalue weighted by Crippen LogP contribution is -2.49. The first-order valence-corrected chi connectivity index (χ1v) is 7.26. The van der Waals surface area contributed by atoms with Crippen molar-refractivity contribution in [3.05, 3.63) is 21.9 Å². The average molecular weight is 236 g/mol. The molecule has 0 radical (unpaired) electrons. The summed E-state index contributed by atoms with van der Waals surface area (Å²) >= 11 is 1.92. The van der Waals surface area contributed by atoms with E-state index in [0.29, 0.717) is 6.04 Å². The Labute approximate surface area is 101 Å². The highest BCUT2D eigenvalue weighted by Gasteiger charge is 2.32. The number of hydrogen-bond acceptors (Lipinski definition) is 3. The SMILES string of the molecule is NCC(C1CCC1)N1CCc2sccc2C1. The summed E-state index contributed by atoms with van der Waals surface area (Å²) < 4.78 is 0. The van der Waals surface area contributed by atoms with Crippen molar-refractivity contribution in [1.82, 2.24) is 4.90 Å². The summed E-state index contributed by atoms with van der Waals surface area (Å²) in [4.78, 5) is 4.22. The first-order chi connectivity index (χ1) is 7.88. The first kappa shape index (κ1) is 10.8. The summed E-state index contributed by atoms with van der Waals surface area (Å²) in [6.45, 7) is 3.19. The standard InChI is InChI=1S/C13H20N2S/c14-8-12(10-2-1-3-10)15-6-4-13-11(9-15)5-7-16-13/h5,7,10,12H,1-4,6,8-9,14H2. The number of nitrogens with zero attached hydrogens (tertiary/aromatic N) is 1. The largest absolute Gasteiger partial charge is 0.329 e. The molecule has 88 valence electrons. The molecule has 1 aliphatic carbocycles. The van der Waals surface area contributed by atoms with Crippen LogP contribution < -0.4 is 5.73 Å². The van der Waals surface area contributed by atoms with Gasteiger partial charge in [-0.15, -0.1) is 11.3 Å². The fourth-order valence-corrected chi connectivity index (χ4v) is 3.91. The van der Waals surface area contributed by atoms with Gasteiger partial charge >= 0.3 is 0 Å². The van der Waals surface area contributed by atoms with Crippen molar-refractivity contribution in [1.29, 1.82) is 0 Å². The van der Waals surface area contributed by atoms with E-state index in [9.17, 15) is 0 Å². The minimum atomic E-state index is 0.641. The Kier molecular flexibility index (Phi) is 3.01. The molecular weight excluding hydrogens is 216 g/mol. The topological polar surface area (TPSA) is 29.3 Å². The zero-order valence-corrected chi connectivity index (χ0v) is 10.5. The van der Waals surface area contributed by atoms with Crippen molar-refractivity contribution in [3.8, 4) is 0 Å². The normalized spacial score (nSPS) is 23.8. The van der Waals surface area contributed by atoms with Crippen molar-refractivity contribution >= 4 is 11.3 Å². The Morgan fingerprint density at radius 3 is 3.06 bits per heavy atom. The lowest BCUT2D eigenvalue weighted by Gasteiger charge is -2.42. The second kappa shape index (κ2) is 4.47. The van der Waals surface area contributed by atoms with Crippen LogP contribution in [0.1, 0.15) is 29.7 Å². The summed E-state index contributed by atoms with van der Waals surface area (Å²) in [5, 5.41) is 2.23. The number of rotatable bonds is 3. The van der Waals surface area contributed by atoms with Crippen LogP contribution in [-0.2, 0) is 13.0 Å². The third-order valence-corrected chi connectivity index (χ3v) is 5.26. The van der Waals surface area contributed by atoms with E-state index >= 15 is 0 Å². The predicted octanol–water partition coefficient (Wildman–Crippen LogP) is 2.23. The van der Waals surface area contributed by atoms with E-state index in [0.717, 1.165) is 19.0 Å². The molecule has 1 aromatic heterocycles. The summed E-state index contributed by atoms with van der Waals surface area (Å²) in [5.74, 6) is 0.880. The van der Waals surface area contributed by atoms with E-state index in [1.807, 2.05) is 11.3 Å². The first-order valence-electron chi connectivity index (χ1n) is 6.38. The molecule has 1 saturated carbocycles. The Balaban J connectivity index is 1.71. The lowest BCUT2D eigenvalue weighted by atomic mass is 9.78. The fourth-order valence-electron chi connectivity index (χ4n) is 3.02. The Morgan fingerprint density at radius 2 is 2.38 bits per heavy atom. The van der Waals surface area contributed by atoms with E-state index in [2.05, 4.69) is 16.3 Å². The molecule has 1 fully saturated rings. The molecule has 1 unspecified atom stereocenters. The molecule has 3 heteroatoms. The molecule has 1 atom stereocenters. The highest BCUT2D eigenvalue weighted by molar-refractivity contribution is 7.10. The maximum Gasteiger partial charge on any atom is 0.0250 e. The van der Waals surface area contributed by atoms with Crippen LogP contribution in [-0.4, -0.2) is 24.0 Å². The van der Waals surface area contributed by atoms with Crippen LogP contribution in [0.2, 0.25) is 0 Å². The highest BCUT2D eigenvalue weighted by atomic mass is 32.1. The van der Waals surface area contributed by atoms with Gasteiger partial charge in [-0.3, -0.25) is 4.90 Å².